The predicted molar refractivity (Wildman–Crippen MR) is 91.4 cm³/mol. The topological polar surface area (TPSA) is 122 Å². The minimum absolute atomic E-state index is 0.0476. The highest BCUT2D eigenvalue weighted by atomic mass is 32.2. The monoisotopic (exact) mass is 368 g/mol. The van der Waals surface area contributed by atoms with Crippen molar-refractivity contribution in [3.05, 3.63) is 29.6 Å². The number of amides is 1. The summed E-state index contributed by atoms with van der Waals surface area (Å²) in [7, 11) is -0.854. The lowest BCUT2D eigenvalue weighted by atomic mass is 10.2. The van der Waals surface area contributed by atoms with Crippen LogP contribution in [0.2, 0.25) is 0 Å². The summed E-state index contributed by atoms with van der Waals surface area (Å²) in [6.07, 6.45) is 0. The number of hydrogen-bond donors (Lipinski definition) is 3. The minimum atomic E-state index is -3.84. The van der Waals surface area contributed by atoms with Gasteiger partial charge in [-0.15, -0.1) is 0 Å². The number of aromatic amines is 1. The van der Waals surface area contributed by atoms with E-state index in [1.54, 1.807) is 32.0 Å². The Kier molecular flexibility index (Phi) is 5.65. The van der Waals surface area contributed by atoms with Gasteiger partial charge >= 0.3 is 0 Å². The summed E-state index contributed by atoms with van der Waals surface area (Å²) in [5.41, 5.74) is 1.20. The molecule has 3 N–H and O–H groups in total. The van der Waals surface area contributed by atoms with Gasteiger partial charge in [0.2, 0.25) is 15.9 Å². The van der Waals surface area contributed by atoms with Crippen molar-refractivity contribution in [3.8, 4) is 11.5 Å². The second-order valence-corrected chi connectivity index (χ2v) is 6.91. The standard InChI is InChI=1S/C15H20N4O5S/c1-9-15(10(2)19-18-9)25(21,22)16-8-14(20)17-11-5-6-12(23-3)13(7-11)24-4/h5-7,16H,8H2,1-4H3,(H,17,20)(H,18,19). The molecule has 0 radical (unpaired) electrons. The Hall–Kier alpha value is -2.59. The molecule has 136 valence electrons. The number of hydrogen-bond acceptors (Lipinski definition) is 6. The lowest BCUT2D eigenvalue weighted by Crippen LogP contribution is -2.33. The van der Waals surface area contributed by atoms with Crippen LogP contribution in [-0.4, -0.2) is 45.3 Å². The Labute approximate surface area is 145 Å². The van der Waals surface area contributed by atoms with Crippen LogP contribution in [0.3, 0.4) is 0 Å². The van der Waals surface area contributed by atoms with Crippen LogP contribution in [0, 0.1) is 13.8 Å². The number of anilines is 1. The number of rotatable bonds is 7. The van der Waals surface area contributed by atoms with E-state index in [9.17, 15) is 13.2 Å². The number of aryl methyl sites for hydroxylation is 2. The molecule has 0 spiro atoms. The van der Waals surface area contributed by atoms with E-state index < -0.39 is 22.5 Å². The fourth-order valence-electron chi connectivity index (χ4n) is 2.29. The van der Waals surface area contributed by atoms with Gasteiger partial charge in [0.05, 0.1) is 32.2 Å². The lowest BCUT2D eigenvalue weighted by Gasteiger charge is -2.11. The summed E-state index contributed by atoms with van der Waals surface area (Å²) in [5, 5.41) is 9.03. The molecule has 0 unspecified atom stereocenters. The average molecular weight is 368 g/mol. The number of methoxy groups -OCH3 is 2. The summed E-state index contributed by atoms with van der Waals surface area (Å²) >= 11 is 0. The van der Waals surface area contributed by atoms with E-state index in [1.807, 2.05) is 0 Å². The first-order chi connectivity index (χ1) is 11.8. The van der Waals surface area contributed by atoms with Crippen molar-refractivity contribution >= 4 is 21.6 Å². The fourth-order valence-corrected chi connectivity index (χ4v) is 3.64. The zero-order chi connectivity index (χ0) is 18.6. The largest absolute Gasteiger partial charge is 0.493 e. The van der Waals surface area contributed by atoms with Gasteiger partial charge < -0.3 is 14.8 Å². The fraction of sp³-hybridized carbons (Fsp3) is 0.333. The number of benzene rings is 1. The maximum atomic E-state index is 12.3. The van der Waals surface area contributed by atoms with Crippen LogP contribution < -0.4 is 19.5 Å². The Morgan fingerprint density at radius 3 is 2.44 bits per heavy atom. The molecule has 0 aliphatic rings. The van der Waals surface area contributed by atoms with Crippen molar-refractivity contribution in [1.82, 2.24) is 14.9 Å². The second-order valence-electron chi connectivity index (χ2n) is 5.21. The maximum Gasteiger partial charge on any atom is 0.244 e. The van der Waals surface area contributed by atoms with Crippen LogP contribution in [-0.2, 0) is 14.8 Å². The van der Waals surface area contributed by atoms with Gasteiger partial charge in [-0.2, -0.15) is 5.10 Å². The van der Waals surface area contributed by atoms with Gasteiger partial charge in [0, 0.05) is 11.8 Å². The molecule has 0 aliphatic carbocycles. The second kappa shape index (κ2) is 7.53. The van der Waals surface area contributed by atoms with E-state index >= 15 is 0 Å². The number of carbonyl (C=O) groups is 1. The molecule has 0 saturated heterocycles. The van der Waals surface area contributed by atoms with Crippen LogP contribution >= 0.6 is 0 Å². The van der Waals surface area contributed by atoms with E-state index in [4.69, 9.17) is 9.47 Å². The van der Waals surface area contributed by atoms with E-state index in [2.05, 4.69) is 20.2 Å². The number of sulfonamides is 1. The first kappa shape index (κ1) is 18.7. The third kappa shape index (κ3) is 4.28. The number of nitrogens with zero attached hydrogens (tertiary/aromatic N) is 1. The van der Waals surface area contributed by atoms with Crippen LogP contribution in [0.4, 0.5) is 5.69 Å². The van der Waals surface area contributed by atoms with Crippen LogP contribution in [0.15, 0.2) is 23.1 Å². The van der Waals surface area contributed by atoms with Gasteiger partial charge in [-0.25, -0.2) is 13.1 Å². The Morgan fingerprint density at radius 2 is 1.88 bits per heavy atom. The number of nitrogens with one attached hydrogen (secondary N) is 3. The molecule has 1 aromatic heterocycles. The molecule has 1 heterocycles. The van der Waals surface area contributed by atoms with Crippen LogP contribution in [0.1, 0.15) is 11.4 Å². The molecule has 0 bridgehead atoms. The molecule has 2 rings (SSSR count). The molecule has 2 aromatic rings. The van der Waals surface area contributed by atoms with Gasteiger partial charge in [-0.05, 0) is 26.0 Å². The molecular weight excluding hydrogens is 348 g/mol. The molecule has 25 heavy (non-hydrogen) atoms. The van der Waals surface area contributed by atoms with E-state index in [0.29, 0.717) is 28.6 Å². The first-order valence-corrected chi connectivity index (χ1v) is 8.80. The van der Waals surface area contributed by atoms with Crippen molar-refractivity contribution < 1.29 is 22.7 Å². The molecular formula is C15H20N4O5S. The molecule has 10 heteroatoms. The first-order valence-electron chi connectivity index (χ1n) is 7.31. The molecule has 1 amide bonds. The molecule has 0 saturated carbocycles. The third-order valence-corrected chi connectivity index (χ3v) is 5.08. The highest BCUT2D eigenvalue weighted by molar-refractivity contribution is 7.89. The highest BCUT2D eigenvalue weighted by Crippen LogP contribution is 2.29. The number of aromatic nitrogens is 2. The zero-order valence-corrected chi connectivity index (χ0v) is 15.2. The normalized spacial score (nSPS) is 11.2. The summed E-state index contributed by atoms with van der Waals surface area (Å²) in [4.78, 5) is 12.1. The highest BCUT2D eigenvalue weighted by Gasteiger charge is 2.22. The lowest BCUT2D eigenvalue weighted by molar-refractivity contribution is -0.115. The van der Waals surface area contributed by atoms with Crippen molar-refractivity contribution in [2.45, 2.75) is 18.7 Å². The minimum Gasteiger partial charge on any atom is -0.493 e. The molecule has 0 fully saturated rings. The van der Waals surface area contributed by atoms with Crippen molar-refractivity contribution in [2.24, 2.45) is 0 Å². The van der Waals surface area contributed by atoms with Crippen molar-refractivity contribution in [2.75, 3.05) is 26.1 Å². The van der Waals surface area contributed by atoms with Gasteiger partial charge in [0.1, 0.15) is 4.90 Å². The smallest absolute Gasteiger partial charge is 0.244 e. The quantitative estimate of drug-likeness (QED) is 0.669. The Bertz CT molecular complexity index is 857. The Balaban J connectivity index is 2.04. The van der Waals surface area contributed by atoms with E-state index in [-0.39, 0.29) is 4.90 Å². The van der Waals surface area contributed by atoms with Crippen LogP contribution in [0.5, 0.6) is 11.5 Å². The number of ether oxygens (including phenoxy) is 2. The average Bonchev–Trinajstić information content (AvgIpc) is 2.92. The summed E-state index contributed by atoms with van der Waals surface area (Å²) in [6, 6.07) is 4.84. The number of H-pyrrole nitrogens is 1. The Morgan fingerprint density at radius 1 is 1.20 bits per heavy atom. The molecule has 9 nitrogen and oxygen atoms in total. The van der Waals surface area contributed by atoms with Gasteiger partial charge in [-0.1, -0.05) is 0 Å². The molecule has 1 aromatic carbocycles. The van der Waals surface area contributed by atoms with E-state index in [1.165, 1.54) is 14.2 Å². The third-order valence-electron chi connectivity index (χ3n) is 3.42. The molecule has 0 atom stereocenters. The van der Waals surface area contributed by atoms with Gasteiger partial charge in [0.15, 0.2) is 11.5 Å². The maximum absolute atomic E-state index is 12.3. The van der Waals surface area contributed by atoms with Gasteiger partial charge in [0.25, 0.3) is 0 Å². The predicted octanol–water partition coefficient (Wildman–Crippen LogP) is 0.961. The molecule has 0 aliphatic heterocycles. The van der Waals surface area contributed by atoms with Crippen molar-refractivity contribution in [3.63, 3.8) is 0 Å². The SMILES string of the molecule is COc1ccc(NC(=O)CNS(=O)(=O)c2c(C)n[nH]c2C)cc1OC. The van der Waals surface area contributed by atoms with E-state index in [0.717, 1.165) is 0 Å². The summed E-state index contributed by atoms with van der Waals surface area (Å²) in [5.74, 6) is 0.451. The summed E-state index contributed by atoms with van der Waals surface area (Å²) < 4.78 is 37.1. The van der Waals surface area contributed by atoms with Crippen molar-refractivity contribution in [1.29, 1.82) is 0 Å². The van der Waals surface area contributed by atoms with Gasteiger partial charge in [-0.3, -0.25) is 9.89 Å². The van der Waals surface area contributed by atoms with Crippen LogP contribution in [0.25, 0.3) is 0 Å². The number of carbonyl (C=O) groups excluding carboxylic acids is 1. The zero-order valence-electron chi connectivity index (χ0n) is 14.3. The summed E-state index contributed by atoms with van der Waals surface area (Å²) in [6.45, 7) is 2.75.